The Morgan fingerprint density at radius 3 is 2.48 bits per heavy atom. The van der Waals surface area contributed by atoms with Crippen molar-refractivity contribution in [3.8, 4) is 0 Å². The van der Waals surface area contributed by atoms with Crippen LogP contribution >= 0.6 is 0 Å². The Morgan fingerprint density at radius 2 is 1.78 bits per heavy atom. The summed E-state index contributed by atoms with van der Waals surface area (Å²) in [6.07, 6.45) is 8.77. The second-order valence-electron chi connectivity index (χ2n) is 7.65. The van der Waals surface area contributed by atoms with Crippen molar-refractivity contribution in [2.24, 2.45) is 5.92 Å². The average molecular weight is 366 g/mol. The van der Waals surface area contributed by atoms with E-state index in [1.807, 2.05) is 24.1 Å². The third-order valence-corrected chi connectivity index (χ3v) is 5.63. The van der Waals surface area contributed by atoms with Crippen LogP contribution in [0.25, 0.3) is 0 Å². The van der Waals surface area contributed by atoms with Crippen molar-refractivity contribution in [1.82, 2.24) is 14.8 Å². The van der Waals surface area contributed by atoms with E-state index in [0.717, 1.165) is 38.5 Å². The Balaban J connectivity index is 1.32. The SMILES string of the molecule is CN(CCc1ccncc1)C(=O)CCN1CCC(Cc2ccccc2)CC1. The molecule has 1 aliphatic rings. The molecule has 1 aromatic heterocycles. The van der Waals surface area contributed by atoms with E-state index in [4.69, 9.17) is 0 Å². The Morgan fingerprint density at radius 1 is 1.07 bits per heavy atom. The van der Waals surface area contributed by atoms with Gasteiger partial charge < -0.3 is 9.80 Å². The maximum Gasteiger partial charge on any atom is 0.223 e. The molecule has 27 heavy (non-hydrogen) atoms. The molecule has 0 saturated carbocycles. The van der Waals surface area contributed by atoms with Crippen molar-refractivity contribution in [3.63, 3.8) is 0 Å². The summed E-state index contributed by atoms with van der Waals surface area (Å²) in [6.45, 7) is 3.88. The highest BCUT2D eigenvalue weighted by Gasteiger charge is 2.20. The largest absolute Gasteiger partial charge is 0.345 e. The minimum Gasteiger partial charge on any atom is -0.345 e. The van der Waals surface area contributed by atoms with Crippen LogP contribution in [0.2, 0.25) is 0 Å². The lowest BCUT2D eigenvalue weighted by molar-refractivity contribution is -0.130. The Kier molecular flexibility index (Phi) is 7.40. The molecule has 4 nitrogen and oxygen atoms in total. The van der Waals surface area contributed by atoms with Crippen LogP contribution in [-0.2, 0) is 17.6 Å². The van der Waals surface area contributed by atoms with Gasteiger partial charge in [0, 0.05) is 39.0 Å². The van der Waals surface area contributed by atoms with Crippen molar-refractivity contribution in [3.05, 3.63) is 66.0 Å². The normalized spacial score (nSPS) is 15.6. The molecule has 1 saturated heterocycles. The molecule has 0 unspecified atom stereocenters. The van der Waals surface area contributed by atoms with E-state index in [9.17, 15) is 4.79 Å². The summed E-state index contributed by atoms with van der Waals surface area (Å²) in [5.74, 6) is 1.03. The molecule has 0 spiro atoms. The summed E-state index contributed by atoms with van der Waals surface area (Å²) in [5, 5.41) is 0. The highest BCUT2D eigenvalue weighted by molar-refractivity contribution is 5.76. The number of pyridine rings is 1. The van der Waals surface area contributed by atoms with Crippen molar-refractivity contribution >= 4 is 5.91 Å². The number of piperidine rings is 1. The number of hydrogen-bond acceptors (Lipinski definition) is 3. The van der Waals surface area contributed by atoms with Crippen LogP contribution < -0.4 is 0 Å². The number of carbonyl (C=O) groups is 1. The molecule has 1 aliphatic heterocycles. The van der Waals surface area contributed by atoms with Crippen molar-refractivity contribution < 1.29 is 4.79 Å². The lowest BCUT2D eigenvalue weighted by Gasteiger charge is -2.32. The van der Waals surface area contributed by atoms with Gasteiger partial charge >= 0.3 is 0 Å². The first kappa shape index (κ1) is 19.6. The summed E-state index contributed by atoms with van der Waals surface area (Å²) >= 11 is 0. The Bertz CT molecular complexity index is 681. The standard InChI is InChI=1S/C23H31N3O/c1-25(15-9-20-7-13-24-14-8-20)23(27)12-18-26-16-10-22(11-17-26)19-21-5-3-2-4-6-21/h2-8,13-14,22H,9-12,15-19H2,1H3. The number of amides is 1. The number of benzene rings is 1. The smallest absolute Gasteiger partial charge is 0.223 e. The van der Waals surface area contributed by atoms with Crippen LogP contribution in [0.3, 0.4) is 0 Å². The van der Waals surface area contributed by atoms with Gasteiger partial charge in [0.25, 0.3) is 0 Å². The summed E-state index contributed by atoms with van der Waals surface area (Å²) in [7, 11) is 1.91. The number of likely N-dealkylation sites (N-methyl/N-ethyl adjacent to an activating group) is 1. The number of aromatic nitrogens is 1. The second kappa shape index (κ2) is 10.2. The van der Waals surface area contributed by atoms with E-state index in [0.29, 0.717) is 6.42 Å². The average Bonchev–Trinajstić information content (AvgIpc) is 2.73. The third kappa shape index (κ3) is 6.47. The first-order valence-corrected chi connectivity index (χ1v) is 10.1. The molecule has 3 rings (SSSR count). The van der Waals surface area contributed by atoms with Gasteiger partial charge in [-0.05, 0) is 68.0 Å². The molecule has 0 aliphatic carbocycles. The van der Waals surface area contributed by atoms with Gasteiger partial charge in [0.05, 0.1) is 0 Å². The third-order valence-electron chi connectivity index (χ3n) is 5.63. The summed E-state index contributed by atoms with van der Waals surface area (Å²) < 4.78 is 0. The fraction of sp³-hybridized carbons (Fsp3) is 0.478. The topological polar surface area (TPSA) is 36.4 Å². The van der Waals surface area contributed by atoms with E-state index in [-0.39, 0.29) is 5.91 Å². The van der Waals surface area contributed by atoms with Gasteiger partial charge in [-0.15, -0.1) is 0 Å². The molecule has 0 N–H and O–H groups in total. The fourth-order valence-corrected chi connectivity index (χ4v) is 3.78. The molecule has 0 bridgehead atoms. The van der Waals surface area contributed by atoms with Crippen LogP contribution in [0.5, 0.6) is 0 Å². The van der Waals surface area contributed by atoms with E-state index in [1.54, 1.807) is 12.4 Å². The maximum absolute atomic E-state index is 12.4. The zero-order valence-electron chi connectivity index (χ0n) is 16.4. The predicted molar refractivity (Wildman–Crippen MR) is 110 cm³/mol. The Hall–Kier alpha value is -2.20. The fourth-order valence-electron chi connectivity index (χ4n) is 3.78. The zero-order valence-corrected chi connectivity index (χ0v) is 16.4. The minimum atomic E-state index is 0.246. The summed E-state index contributed by atoms with van der Waals surface area (Å²) in [6, 6.07) is 14.8. The lowest BCUT2D eigenvalue weighted by atomic mass is 9.90. The van der Waals surface area contributed by atoms with Gasteiger partial charge in [0.15, 0.2) is 0 Å². The van der Waals surface area contributed by atoms with Crippen LogP contribution in [0.1, 0.15) is 30.4 Å². The minimum absolute atomic E-state index is 0.246. The van der Waals surface area contributed by atoms with Crippen LogP contribution in [0, 0.1) is 5.92 Å². The van der Waals surface area contributed by atoms with E-state index in [2.05, 4.69) is 40.2 Å². The van der Waals surface area contributed by atoms with Crippen LogP contribution in [-0.4, -0.2) is 53.9 Å². The zero-order chi connectivity index (χ0) is 18.9. The lowest BCUT2D eigenvalue weighted by Crippen LogP contribution is -2.38. The number of nitrogens with zero attached hydrogens (tertiary/aromatic N) is 3. The molecule has 1 aromatic carbocycles. The molecule has 4 heteroatoms. The van der Waals surface area contributed by atoms with E-state index in [1.165, 1.54) is 30.4 Å². The van der Waals surface area contributed by atoms with Crippen molar-refractivity contribution in [1.29, 1.82) is 0 Å². The summed E-state index contributed by atoms with van der Waals surface area (Å²) in [5.41, 5.74) is 2.67. The highest BCUT2D eigenvalue weighted by Crippen LogP contribution is 2.21. The van der Waals surface area contributed by atoms with Crippen LogP contribution in [0.4, 0.5) is 0 Å². The molecule has 0 atom stereocenters. The molecule has 144 valence electrons. The Labute approximate surface area is 163 Å². The number of rotatable bonds is 8. The predicted octanol–water partition coefficient (Wildman–Crippen LogP) is 3.43. The quantitative estimate of drug-likeness (QED) is 0.719. The molecule has 1 fully saturated rings. The molecule has 1 amide bonds. The molecular weight excluding hydrogens is 334 g/mol. The van der Waals surface area contributed by atoms with Gasteiger partial charge in [-0.25, -0.2) is 0 Å². The molecule has 0 radical (unpaired) electrons. The first-order chi connectivity index (χ1) is 13.2. The number of carbonyl (C=O) groups excluding carboxylic acids is 1. The van der Waals surface area contributed by atoms with Gasteiger partial charge in [0.1, 0.15) is 0 Å². The van der Waals surface area contributed by atoms with Gasteiger partial charge in [-0.3, -0.25) is 9.78 Å². The second-order valence-corrected chi connectivity index (χ2v) is 7.65. The van der Waals surface area contributed by atoms with Crippen LogP contribution in [0.15, 0.2) is 54.9 Å². The molecule has 2 heterocycles. The monoisotopic (exact) mass is 365 g/mol. The number of hydrogen-bond donors (Lipinski definition) is 0. The van der Waals surface area contributed by atoms with E-state index >= 15 is 0 Å². The molecular formula is C23H31N3O. The first-order valence-electron chi connectivity index (χ1n) is 10.1. The van der Waals surface area contributed by atoms with Crippen molar-refractivity contribution in [2.75, 3.05) is 33.2 Å². The van der Waals surface area contributed by atoms with Gasteiger partial charge in [0.2, 0.25) is 5.91 Å². The van der Waals surface area contributed by atoms with Gasteiger partial charge in [-0.1, -0.05) is 30.3 Å². The van der Waals surface area contributed by atoms with Gasteiger partial charge in [-0.2, -0.15) is 0 Å². The molecule has 2 aromatic rings. The van der Waals surface area contributed by atoms with Crippen molar-refractivity contribution in [2.45, 2.75) is 32.1 Å². The summed E-state index contributed by atoms with van der Waals surface area (Å²) in [4.78, 5) is 20.7. The highest BCUT2D eigenvalue weighted by atomic mass is 16.2. The van der Waals surface area contributed by atoms with E-state index < -0.39 is 0 Å². The number of likely N-dealkylation sites (tertiary alicyclic amines) is 1. The maximum atomic E-state index is 12.4.